The van der Waals surface area contributed by atoms with Crippen molar-refractivity contribution in [1.29, 1.82) is 0 Å². The maximum absolute atomic E-state index is 3.87. The molecule has 0 N–H and O–H groups in total. The van der Waals surface area contributed by atoms with E-state index in [1.165, 1.54) is 0 Å². The van der Waals surface area contributed by atoms with Crippen molar-refractivity contribution in [2.24, 2.45) is 0 Å². The van der Waals surface area contributed by atoms with Crippen LogP contribution in [0.4, 0.5) is 0 Å². The lowest BCUT2D eigenvalue weighted by atomic mass is 10.1. The Bertz CT molecular complexity index is 285. The van der Waals surface area contributed by atoms with Gasteiger partial charge < -0.3 is 0 Å². The summed E-state index contributed by atoms with van der Waals surface area (Å²) in [4.78, 5) is 0. The van der Waals surface area contributed by atoms with Gasteiger partial charge in [0, 0.05) is 0 Å². The highest BCUT2D eigenvalue weighted by Gasteiger charge is 1.89. The van der Waals surface area contributed by atoms with Crippen molar-refractivity contribution in [2.75, 3.05) is 0 Å². The molecule has 0 heteroatoms. The molecule has 0 aliphatic rings. The second kappa shape index (κ2) is 6.01. The number of hydrogen-bond acceptors (Lipinski definition) is 0. The van der Waals surface area contributed by atoms with E-state index in [1.54, 1.807) is 6.08 Å². The standard InChI is InChI=1S/C13H16/c1-6-7-8-12(4)13(5)10-9-11(2)3/h6-10H,1-2,4-5H2,3H3/b8-7-,10-9-. The second-order valence-electron chi connectivity index (χ2n) is 2.82. The summed E-state index contributed by atoms with van der Waals surface area (Å²) in [7, 11) is 0. The lowest BCUT2D eigenvalue weighted by Gasteiger charge is -1.97. The molecule has 0 aliphatic carbocycles. The molecule has 0 nitrogen and oxygen atoms in total. The first kappa shape index (κ1) is 11.4. The first-order valence-corrected chi connectivity index (χ1v) is 4.08. The Morgan fingerprint density at radius 2 is 1.46 bits per heavy atom. The molecule has 13 heavy (non-hydrogen) atoms. The Morgan fingerprint density at radius 3 is 1.92 bits per heavy atom. The average Bonchev–Trinajstić information content (AvgIpc) is 2.10. The van der Waals surface area contributed by atoms with Crippen LogP contribution in [0.1, 0.15) is 6.92 Å². The fraction of sp³-hybridized carbons (Fsp3) is 0.0769. The minimum atomic E-state index is 0.886. The molecule has 0 unspecified atom stereocenters. The molecule has 0 aromatic rings. The zero-order valence-electron chi connectivity index (χ0n) is 8.22. The van der Waals surface area contributed by atoms with Crippen molar-refractivity contribution in [3.63, 3.8) is 0 Å². The van der Waals surface area contributed by atoms with Crippen LogP contribution < -0.4 is 0 Å². The molecule has 0 rings (SSSR count). The highest BCUT2D eigenvalue weighted by atomic mass is 13.9. The summed E-state index contributed by atoms with van der Waals surface area (Å²) >= 11 is 0. The largest absolute Gasteiger partial charge is 0.0991 e. The topological polar surface area (TPSA) is 0 Å². The summed E-state index contributed by atoms with van der Waals surface area (Å²) in [5.41, 5.74) is 2.78. The van der Waals surface area contributed by atoms with E-state index in [0.717, 1.165) is 16.7 Å². The Morgan fingerprint density at radius 1 is 0.923 bits per heavy atom. The van der Waals surface area contributed by atoms with Crippen molar-refractivity contribution in [1.82, 2.24) is 0 Å². The van der Waals surface area contributed by atoms with Gasteiger partial charge in [-0.3, -0.25) is 0 Å². The average molecular weight is 172 g/mol. The van der Waals surface area contributed by atoms with Crippen molar-refractivity contribution in [3.05, 3.63) is 73.4 Å². The maximum atomic E-state index is 3.87. The van der Waals surface area contributed by atoms with E-state index in [4.69, 9.17) is 0 Å². The molecular weight excluding hydrogens is 156 g/mol. The van der Waals surface area contributed by atoms with Gasteiger partial charge in [-0.05, 0) is 18.1 Å². The molecule has 0 atom stereocenters. The van der Waals surface area contributed by atoms with Gasteiger partial charge in [-0.15, -0.1) is 0 Å². The van der Waals surface area contributed by atoms with Crippen LogP contribution in [0.2, 0.25) is 0 Å². The van der Waals surface area contributed by atoms with Crippen LogP contribution in [-0.2, 0) is 0 Å². The Balaban J connectivity index is 4.28. The summed E-state index contributed by atoms with van der Waals surface area (Å²) in [6, 6.07) is 0. The summed E-state index contributed by atoms with van der Waals surface area (Å²) < 4.78 is 0. The van der Waals surface area contributed by atoms with E-state index in [1.807, 2.05) is 31.2 Å². The highest BCUT2D eigenvalue weighted by molar-refractivity contribution is 5.44. The van der Waals surface area contributed by atoms with E-state index < -0.39 is 0 Å². The van der Waals surface area contributed by atoms with Crippen LogP contribution in [0, 0.1) is 0 Å². The molecule has 0 aliphatic heterocycles. The molecule has 0 saturated heterocycles. The Hall–Kier alpha value is -1.56. The molecule has 0 heterocycles. The van der Waals surface area contributed by atoms with Gasteiger partial charge in [-0.2, -0.15) is 0 Å². The van der Waals surface area contributed by atoms with Crippen molar-refractivity contribution in [2.45, 2.75) is 6.92 Å². The quantitative estimate of drug-likeness (QED) is 0.550. The Labute approximate surface area is 81.0 Å². The molecule has 0 saturated carbocycles. The third-order valence-electron chi connectivity index (χ3n) is 1.41. The normalized spacial score (nSPS) is 10.5. The van der Waals surface area contributed by atoms with Crippen LogP contribution in [0.5, 0.6) is 0 Å². The summed E-state index contributed by atoms with van der Waals surface area (Å²) in [6.07, 6.45) is 9.23. The minimum absolute atomic E-state index is 0.886. The van der Waals surface area contributed by atoms with Gasteiger partial charge in [-0.1, -0.05) is 62.3 Å². The molecule has 0 bridgehead atoms. The summed E-state index contributed by atoms with van der Waals surface area (Å²) in [6.45, 7) is 17.0. The second-order valence-corrected chi connectivity index (χ2v) is 2.82. The smallest absolute Gasteiger partial charge is 0.0262 e. The third kappa shape index (κ3) is 5.68. The zero-order valence-corrected chi connectivity index (χ0v) is 8.22. The van der Waals surface area contributed by atoms with E-state index in [-0.39, 0.29) is 0 Å². The van der Waals surface area contributed by atoms with Crippen molar-refractivity contribution >= 4 is 0 Å². The fourth-order valence-electron chi connectivity index (χ4n) is 0.641. The number of allylic oxidation sites excluding steroid dienone is 8. The lowest BCUT2D eigenvalue weighted by Crippen LogP contribution is -1.77. The van der Waals surface area contributed by atoms with Crippen LogP contribution in [0.25, 0.3) is 0 Å². The van der Waals surface area contributed by atoms with Gasteiger partial charge in [0.15, 0.2) is 0 Å². The summed E-state index contributed by atoms with van der Waals surface area (Å²) in [5, 5.41) is 0. The first-order valence-electron chi connectivity index (χ1n) is 4.08. The maximum Gasteiger partial charge on any atom is -0.0262 e. The van der Waals surface area contributed by atoms with E-state index in [9.17, 15) is 0 Å². The Kier molecular flexibility index (Phi) is 5.29. The van der Waals surface area contributed by atoms with E-state index in [0.29, 0.717) is 0 Å². The van der Waals surface area contributed by atoms with Gasteiger partial charge in [0.25, 0.3) is 0 Å². The van der Waals surface area contributed by atoms with Crippen LogP contribution in [0.3, 0.4) is 0 Å². The summed E-state index contributed by atoms with van der Waals surface area (Å²) in [5.74, 6) is 0. The first-order chi connectivity index (χ1) is 6.07. The molecule has 0 aromatic carbocycles. The van der Waals surface area contributed by atoms with E-state index in [2.05, 4.69) is 26.3 Å². The predicted octanol–water partition coefficient (Wildman–Crippen LogP) is 3.97. The lowest BCUT2D eigenvalue weighted by molar-refractivity contribution is 1.52. The fourth-order valence-corrected chi connectivity index (χ4v) is 0.641. The van der Waals surface area contributed by atoms with Gasteiger partial charge in [-0.25, -0.2) is 0 Å². The molecule has 0 fully saturated rings. The van der Waals surface area contributed by atoms with Crippen LogP contribution >= 0.6 is 0 Å². The van der Waals surface area contributed by atoms with E-state index >= 15 is 0 Å². The zero-order chi connectivity index (χ0) is 10.3. The number of hydrogen-bond donors (Lipinski definition) is 0. The van der Waals surface area contributed by atoms with Gasteiger partial charge in [0.05, 0.1) is 0 Å². The van der Waals surface area contributed by atoms with Gasteiger partial charge in [0.2, 0.25) is 0 Å². The van der Waals surface area contributed by atoms with Gasteiger partial charge >= 0.3 is 0 Å². The third-order valence-corrected chi connectivity index (χ3v) is 1.41. The molecular formula is C13H16. The van der Waals surface area contributed by atoms with Crippen LogP contribution in [0.15, 0.2) is 73.4 Å². The predicted molar refractivity (Wildman–Crippen MR) is 61.6 cm³/mol. The molecule has 0 amide bonds. The molecule has 0 spiro atoms. The van der Waals surface area contributed by atoms with Crippen LogP contribution in [-0.4, -0.2) is 0 Å². The van der Waals surface area contributed by atoms with Gasteiger partial charge in [0.1, 0.15) is 0 Å². The van der Waals surface area contributed by atoms with Crippen molar-refractivity contribution < 1.29 is 0 Å². The molecule has 0 aromatic heterocycles. The molecule has 0 radical (unpaired) electrons. The SMILES string of the molecule is C=C/C=C\C(=C)C(=C)/C=C\C(=C)C. The number of rotatable bonds is 5. The highest BCUT2D eigenvalue weighted by Crippen LogP contribution is 2.09. The minimum Gasteiger partial charge on any atom is -0.0991 e. The monoisotopic (exact) mass is 172 g/mol. The molecule has 68 valence electrons. The van der Waals surface area contributed by atoms with Crippen molar-refractivity contribution in [3.8, 4) is 0 Å².